The molecule has 25 heavy (non-hydrogen) atoms. The summed E-state index contributed by atoms with van der Waals surface area (Å²) in [5, 5.41) is 4.29. The summed E-state index contributed by atoms with van der Waals surface area (Å²) in [6.07, 6.45) is -4.49. The van der Waals surface area contributed by atoms with Gasteiger partial charge in [-0.2, -0.15) is 13.2 Å². The first-order valence-corrected chi connectivity index (χ1v) is 8.32. The zero-order valence-corrected chi connectivity index (χ0v) is 14.4. The van der Waals surface area contributed by atoms with Gasteiger partial charge in [-0.05, 0) is 30.0 Å². The Hall–Kier alpha value is -2.35. The maximum Gasteiger partial charge on any atom is 0.416 e. The van der Waals surface area contributed by atoms with Gasteiger partial charge < -0.3 is 10.2 Å². The molecule has 0 aliphatic carbocycles. The van der Waals surface area contributed by atoms with E-state index in [9.17, 15) is 22.8 Å². The molecular weight excluding hydrogens is 353 g/mol. The van der Waals surface area contributed by atoms with E-state index in [0.717, 1.165) is 6.07 Å². The van der Waals surface area contributed by atoms with Crippen molar-refractivity contribution in [3.63, 3.8) is 0 Å². The van der Waals surface area contributed by atoms with Crippen LogP contribution in [-0.2, 0) is 17.5 Å². The highest BCUT2D eigenvalue weighted by Gasteiger charge is 2.33. The van der Waals surface area contributed by atoms with Crippen LogP contribution in [0.25, 0.3) is 0 Å². The van der Waals surface area contributed by atoms with E-state index >= 15 is 0 Å². The molecule has 0 saturated carbocycles. The summed E-state index contributed by atoms with van der Waals surface area (Å²) in [5.74, 6) is -0.859. The van der Waals surface area contributed by atoms with Gasteiger partial charge in [0.2, 0.25) is 5.91 Å². The minimum atomic E-state index is -4.49. The van der Waals surface area contributed by atoms with Crippen molar-refractivity contribution < 1.29 is 22.8 Å². The van der Waals surface area contributed by atoms with E-state index < -0.39 is 23.7 Å². The Kier molecular flexibility index (Phi) is 5.84. The molecule has 134 valence electrons. The van der Waals surface area contributed by atoms with Crippen LogP contribution in [0.4, 0.5) is 13.2 Å². The predicted molar refractivity (Wildman–Crippen MR) is 89.2 cm³/mol. The molecule has 0 aliphatic heterocycles. The lowest BCUT2D eigenvalue weighted by Gasteiger charge is -2.23. The average molecular weight is 370 g/mol. The molecule has 8 heteroatoms. The number of thiophene rings is 1. The lowest BCUT2D eigenvalue weighted by molar-refractivity contribution is -0.139. The van der Waals surface area contributed by atoms with Crippen LogP contribution in [0.15, 0.2) is 41.8 Å². The molecule has 0 bridgehead atoms. The van der Waals surface area contributed by atoms with Crippen molar-refractivity contribution in [2.24, 2.45) is 0 Å². The van der Waals surface area contributed by atoms with Crippen LogP contribution in [0.1, 0.15) is 27.7 Å². The number of carbonyl (C=O) groups is 2. The van der Waals surface area contributed by atoms with Crippen LogP contribution in [0, 0.1) is 0 Å². The van der Waals surface area contributed by atoms with Crippen LogP contribution in [0.5, 0.6) is 0 Å². The van der Waals surface area contributed by atoms with Gasteiger partial charge in [0.25, 0.3) is 5.91 Å². The van der Waals surface area contributed by atoms with E-state index in [1.807, 2.05) is 0 Å². The minimum Gasteiger partial charge on any atom is -0.340 e. The van der Waals surface area contributed by atoms with E-state index in [1.165, 1.54) is 48.4 Å². The van der Waals surface area contributed by atoms with Gasteiger partial charge in [0.1, 0.15) is 6.04 Å². The molecule has 1 heterocycles. The monoisotopic (exact) mass is 370 g/mol. The zero-order valence-electron chi connectivity index (χ0n) is 13.6. The maximum absolute atomic E-state index is 13.0. The fourth-order valence-corrected chi connectivity index (χ4v) is 2.96. The van der Waals surface area contributed by atoms with E-state index in [2.05, 4.69) is 5.32 Å². The molecule has 0 spiro atoms. The Morgan fingerprint density at radius 2 is 1.88 bits per heavy atom. The highest BCUT2D eigenvalue weighted by molar-refractivity contribution is 7.12. The molecule has 1 unspecified atom stereocenters. The lowest BCUT2D eigenvalue weighted by atomic mass is 10.1. The summed E-state index contributed by atoms with van der Waals surface area (Å²) in [6.45, 7) is 1.30. The second-order valence-corrected chi connectivity index (χ2v) is 6.47. The van der Waals surface area contributed by atoms with Crippen molar-refractivity contribution in [1.29, 1.82) is 0 Å². The van der Waals surface area contributed by atoms with Gasteiger partial charge in [0.05, 0.1) is 10.4 Å². The highest BCUT2D eigenvalue weighted by Crippen LogP contribution is 2.32. The topological polar surface area (TPSA) is 49.4 Å². The molecule has 0 saturated heterocycles. The van der Waals surface area contributed by atoms with Crippen LogP contribution in [0.3, 0.4) is 0 Å². The number of hydrogen-bond acceptors (Lipinski definition) is 3. The summed E-state index contributed by atoms with van der Waals surface area (Å²) < 4.78 is 39.1. The number of rotatable bonds is 5. The lowest BCUT2D eigenvalue weighted by Crippen LogP contribution is -2.45. The van der Waals surface area contributed by atoms with Crippen molar-refractivity contribution in [2.45, 2.75) is 25.7 Å². The number of amides is 2. The van der Waals surface area contributed by atoms with Gasteiger partial charge >= 0.3 is 6.18 Å². The van der Waals surface area contributed by atoms with Gasteiger partial charge in [0.15, 0.2) is 0 Å². The van der Waals surface area contributed by atoms with Gasteiger partial charge in [-0.25, -0.2) is 0 Å². The van der Waals surface area contributed by atoms with E-state index in [4.69, 9.17) is 0 Å². The SMILES string of the molecule is CC(NC(=O)c1cccs1)C(=O)N(C)Cc1ccccc1C(F)(F)F. The van der Waals surface area contributed by atoms with Crippen molar-refractivity contribution >= 4 is 23.2 Å². The summed E-state index contributed by atoms with van der Waals surface area (Å²) in [6, 6.07) is 7.60. The smallest absolute Gasteiger partial charge is 0.340 e. The number of nitrogens with one attached hydrogen (secondary N) is 1. The molecule has 2 aromatic rings. The van der Waals surface area contributed by atoms with Gasteiger partial charge in [0, 0.05) is 13.6 Å². The number of nitrogens with zero attached hydrogens (tertiary/aromatic N) is 1. The third-order valence-corrected chi connectivity index (χ3v) is 4.44. The predicted octanol–water partition coefficient (Wildman–Crippen LogP) is 3.54. The molecule has 0 fully saturated rings. The second kappa shape index (κ2) is 7.69. The van der Waals surface area contributed by atoms with E-state index in [1.54, 1.807) is 17.5 Å². The molecule has 0 aliphatic rings. The Bertz CT molecular complexity index is 745. The van der Waals surface area contributed by atoms with Crippen molar-refractivity contribution in [3.8, 4) is 0 Å². The molecule has 2 rings (SSSR count). The Labute approximate surface area is 147 Å². The fourth-order valence-electron chi connectivity index (χ4n) is 2.34. The Balaban J connectivity index is 2.04. The largest absolute Gasteiger partial charge is 0.416 e. The van der Waals surface area contributed by atoms with Crippen LogP contribution in [0.2, 0.25) is 0 Å². The first-order valence-electron chi connectivity index (χ1n) is 7.44. The van der Waals surface area contributed by atoms with Crippen molar-refractivity contribution in [3.05, 3.63) is 57.8 Å². The first kappa shape index (κ1) is 19.0. The van der Waals surface area contributed by atoms with E-state index in [0.29, 0.717) is 4.88 Å². The maximum atomic E-state index is 13.0. The number of carbonyl (C=O) groups excluding carboxylic acids is 2. The van der Waals surface area contributed by atoms with Crippen LogP contribution >= 0.6 is 11.3 Å². The van der Waals surface area contributed by atoms with Crippen LogP contribution < -0.4 is 5.32 Å². The number of halogens is 3. The second-order valence-electron chi connectivity index (χ2n) is 5.52. The first-order chi connectivity index (χ1) is 11.7. The van der Waals surface area contributed by atoms with E-state index in [-0.39, 0.29) is 18.0 Å². The Morgan fingerprint density at radius 3 is 2.48 bits per heavy atom. The van der Waals surface area contributed by atoms with Crippen molar-refractivity contribution in [1.82, 2.24) is 10.2 Å². The Morgan fingerprint density at radius 1 is 1.20 bits per heavy atom. The molecule has 1 N–H and O–H groups in total. The molecule has 1 aromatic carbocycles. The zero-order chi connectivity index (χ0) is 18.6. The number of likely N-dealkylation sites (N-methyl/N-ethyl adjacent to an activating group) is 1. The standard InChI is InChI=1S/C17H17F3N2O2S/c1-11(21-15(23)14-8-5-9-25-14)16(24)22(2)10-12-6-3-4-7-13(12)17(18,19)20/h3-9,11H,10H2,1-2H3,(H,21,23). The van der Waals surface area contributed by atoms with Crippen molar-refractivity contribution in [2.75, 3.05) is 7.05 Å². The minimum absolute atomic E-state index is 0.00244. The number of benzene rings is 1. The molecule has 0 radical (unpaired) electrons. The quantitative estimate of drug-likeness (QED) is 0.875. The molecule has 1 atom stereocenters. The van der Waals surface area contributed by atoms with Crippen LogP contribution in [-0.4, -0.2) is 29.8 Å². The summed E-state index contributed by atoms with van der Waals surface area (Å²) >= 11 is 1.24. The molecule has 2 amide bonds. The number of hydrogen-bond donors (Lipinski definition) is 1. The molecule has 4 nitrogen and oxygen atoms in total. The molecule has 1 aromatic heterocycles. The summed E-state index contributed by atoms with van der Waals surface area (Å²) in [7, 11) is 1.41. The van der Waals surface area contributed by atoms with Gasteiger partial charge in [-0.1, -0.05) is 24.3 Å². The van der Waals surface area contributed by atoms with Gasteiger partial charge in [-0.15, -0.1) is 11.3 Å². The van der Waals surface area contributed by atoms with Gasteiger partial charge in [-0.3, -0.25) is 9.59 Å². The average Bonchev–Trinajstić information content (AvgIpc) is 3.08. The third kappa shape index (κ3) is 4.82. The summed E-state index contributed by atoms with van der Waals surface area (Å²) in [5.41, 5.74) is -0.771. The third-order valence-electron chi connectivity index (χ3n) is 3.57. The highest BCUT2D eigenvalue weighted by atomic mass is 32.1. The normalized spacial score (nSPS) is 12.5. The number of alkyl halides is 3. The molecular formula is C17H17F3N2O2S. The fraction of sp³-hybridized carbons (Fsp3) is 0.294. The summed E-state index contributed by atoms with van der Waals surface area (Å²) in [4.78, 5) is 25.9.